The fourth-order valence-electron chi connectivity index (χ4n) is 2.82. The van der Waals surface area contributed by atoms with Crippen LogP contribution in [0.4, 0.5) is 0 Å². The summed E-state index contributed by atoms with van der Waals surface area (Å²) >= 11 is 6.02. The second kappa shape index (κ2) is 11.2. The van der Waals surface area contributed by atoms with Crippen molar-refractivity contribution in [2.24, 2.45) is 0 Å². The lowest BCUT2D eigenvalue weighted by molar-refractivity contribution is 0.520. The molecule has 0 saturated heterocycles. The Morgan fingerprint density at radius 1 is 0.931 bits per heavy atom. The average molecular weight is 411 g/mol. The topological polar surface area (TPSA) is 67.6 Å². The van der Waals surface area contributed by atoms with Gasteiger partial charge in [0, 0.05) is 47.6 Å². The third-order valence-electron chi connectivity index (χ3n) is 3.95. The maximum absolute atomic E-state index is 6.02. The van der Waals surface area contributed by atoms with Crippen molar-refractivity contribution in [3.8, 4) is 22.4 Å². The number of rotatable bonds is 4. The van der Waals surface area contributed by atoms with Crippen LogP contribution in [0.5, 0.6) is 0 Å². The van der Waals surface area contributed by atoms with E-state index >= 15 is 0 Å². The predicted molar refractivity (Wildman–Crippen MR) is 119 cm³/mol. The molecule has 0 saturated carbocycles. The van der Waals surface area contributed by atoms with Gasteiger partial charge in [0.25, 0.3) is 0 Å². The fraction of sp³-hybridized carbons (Fsp3) is 0.261. The van der Waals surface area contributed by atoms with Crippen molar-refractivity contribution in [1.29, 1.82) is 0 Å². The summed E-state index contributed by atoms with van der Waals surface area (Å²) in [5.74, 6) is 0.651. The van der Waals surface area contributed by atoms with Crippen molar-refractivity contribution >= 4 is 11.6 Å². The Morgan fingerprint density at radius 3 is 2.17 bits per heavy atom. The predicted octanol–water partition coefficient (Wildman–Crippen LogP) is 6.73. The molecule has 0 unspecified atom stereocenters. The summed E-state index contributed by atoms with van der Waals surface area (Å²) in [7, 11) is 0. The lowest BCUT2D eigenvalue weighted by Crippen LogP contribution is -1.93. The van der Waals surface area contributed by atoms with E-state index in [1.807, 2.05) is 71.0 Å². The lowest BCUT2D eigenvalue weighted by Gasteiger charge is -2.06. The third kappa shape index (κ3) is 5.55. The van der Waals surface area contributed by atoms with Crippen LogP contribution in [0.25, 0.3) is 22.4 Å². The number of oxazole rings is 1. The van der Waals surface area contributed by atoms with Crippen LogP contribution < -0.4 is 0 Å². The van der Waals surface area contributed by atoms with E-state index in [0.717, 1.165) is 33.8 Å². The van der Waals surface area contributed by atoms with Crippen molar-refractivity contribution in [3.05, 3.63) is 77.4 Å². The largest absolute Gasteiger partial charge is 0.449 e. The molecule has 3 heterocycles. The number of aromatic amines is 1. The van der Waals surface area contributed by atoms with Crippen LogP contribution in [0, 0.1) is 6.92 Å². The Labute approximate surface area is 177 Å². The number of hydrogen-bond donors (Lipinski definition) is 1. The standard InChI is InChI=1S/C19H15ClN4O.2C2H6/c1-12-22-16(11-25-12)10-17-18(13-6-8-21-9-7-13)19(24-23-17)14-2-4-15(20)5-3-14;2*1-2/h2-9,11H,10H2,1H3,(H,23,24);2*1-2H3. The highest BCUT2D eigenvalue weighted by atomic mass is 35.5. The number of pyridine rings is 1. The smallest absolute Gasteiger partial charge is 0.191 e. The second-order valence-corrected chi connectivity index (χ2v) is 6.14. The van der Waals surface area contributed by atoms with Gasteiger partial charge in [-0.15, -0.1) is 0 Å². The maximum Gasteiger partial charge on any atom is 0.191 e. The van der Waals surface area contributed by atoms with Gasteiger partial charge in [-0.2, -0.15) is 5.10 Å². The number of aryl methyl sites for hydroxylation is 1. The number of hydrogen-bond acceptors (Lipinski definition) is 4. The van der Waals surface area contributed by atoms with Crippen LogP contribution in [-0.2, 0) is 6.42 Å². The summed E-state index contributed by atoms with van der Waals surface area (Å²) < 4.78 is 5.32. The summed E-state index contributed by atoms with van der Waals surface area (Å²) in [5, 5.41) is 8.40. The van der Waals surface area contributed by atoms with E-state index in [-0.39, 0.29) is 0 Å². The van der Waals surface area contributed by atoms with E-state index in [1.165, 1.54) is 0 Å². The van der Waals surface area contributed by atoms with Gasteiger partial charge in [0.15, 0.2) is 5.89 Å². The van der Waals surface area contributed by atoms with Crippen LogP contribution >= 0.6 is 11.6 Å². The number of H-pyrrole nitrogens is 1. The number of aromatic nitrogens is 4. The molecule has 29 heavy (non-hydrogen) atoms. The van der Waals surface area contributed by atoms with Crippen LogP contribution in [0.2, 0.25) is 5.02 Å². The van der Waals surface area contributed by atoms with Crippen LogP contribution in [0.1, 0.15) is 45.0 Å². The fourth-order valence-corrected chi connectivity index (χ4v) is 2.95. The molecular weight excluding hydrogens is 384 g/mol. The molecule has 1 N–H and O–H groups in total. The van der Waals surface area contributed by atoms with Crippen molar-refractivity contribution in [2.75, 3.05) is 0 Å². The van der Waals surface area contributed by atoms with Gasteiger partial charge in [0.1, 0.15) is 12.0 Å². The van der Waals surface area contributed by atoms with Crippen molar-refractivity contribution in [3.63, 3.8) is 0 Å². The van der Waals surface area contributed by atoms with Gasteiger partial charge in [-0.25, -0.2) is 4.98 Å². The average Bonchev–Trinajstić information content (AvgIpc) is 3.38. The summed E-state index contributed by atoms with van der Waals surface area (Å²) in [4.78, 5) is 8.50. The van der Waals surface area contributed by atoms with E-state index in [1.54, 1.807) is 18.7 Å². The molecule has 152 valence electrons. The van der Waals surface area contributed by atoms with E-state index < -0.39 is 0 Å². The van der Waals surface area contributed by atoms with Crippen LogP contribution in [-0.4, -0.2) is 20.2 Å². The zero-order valence-electron chi connectivity index (χ0n) is 17.5. The third-order valence-corrected chi connectivity index (χ3v) is 4.20. The van der Waals surface area contributed by atoms with E-state index in [4.69, 9.17) is 16.0 Å². The van der Waals surface area contributed by atoms with E-state index in [0.29, 0.717) is 17.3 Å². The normalized spacial score (nSPS) is 9.86. The van der Waals surface area contributed by atoms with Crippen molar-refractivity contribution in [2.45, 2.75) is 41.0 Å². The Kier molecular flexibility index (Phi) is 8.62. The van der Waals surface area contributed by atoms with Gasteiger partial charge >= 0.3 is 0 Å². The molecular formula is C23H27ClN4O. The second-order valence-electron chi connectivity index (χ2n) is 5.70. The molecule has 1 aromatic carbocycles. The first-order chi connectivity index (χ1) is 14.2. The van der Waals surface area contributed by atoms with Crippen molar-refractivity contribution in [1.82, 2.24) is 20.2 Å². The van der Waals surface area contributed by atoms with Crippen molar-refractivity contribution < 1.29 is 4.42 Å². The lowest BCUT2D eigenvalue weighted by atomic mass is 9.98. The molecule has 4 rings (SSSR count). The SMILES string of the molecule is CC.CC.Cc1nc(Cc2[nH]nc(-c3ccc(Cl)cc3)c2-c2ccncc2)co1. The van der Waals surface area contributed by atoms with E-state index in [2.05, 4.69) is 20.2 Å². The zero-order valence-corrected chi connectivity index (χ0v) is 18.3. The van der Waals surface area contributed by atoms with Gasteiger partial charge in [-0.05, 0) is 29.8 Å². The molecule has 0 radical (unpaired) electrons. The first-order valence-electron chi connectivity index (χ1n) is 9.85. The van der Waals surface area contributed by atoms with Gasteiger partial charge in [-0.3, -0.25) is 10.1 Å². The van der Waals surface area contributed by atoms with E-state index in [9.17, 15) is 0 Å². The molecule has 0 fully saturated rings. The van der Waals surface area contributed by atoms with Gasteiger partial charge in [0.05, 0.1) is 5.69 Å². The van der Waals surface area contributed by atoms with Gasteiger partial charge in [-0.1, -0.05) is 51.4 Å². The highest BCUT2D eigenvalue weighted by molar-refractivity contribution is 6.30. The minimum Gasteiger partial charge on any atom is -0.449 e. The van der Waals surface area contributed by atoms with Crippen LogP contribution in [0.3, 0.4) is 0 Å². The number of nitrogens with zero attached hydrogens (tertiary/aromatic N) is 3. The minimum absolute atomic E-state index is 0.607. The Balaban J connectivity index is 0.000000707. The molecule has 3 aromatic heterocycles. The molecule has 0 amide bonds. The van der Waals surface area contributed by atoms with Gasteiger partial charge < -0.3 is 4.42 Å². The maximum atomic E-state index is 6.02. The number of nitrogens with one attached hydrogen (secondary N) is 1. The molecule has 0 bridgehead atoms. The Bertz CT molecular complexity index is 991. The van der Waals surface area contributed by atoms with Crippen LogP contribution in [0.15, 0.2) is 59.5 Å². The molecule has 0 aliphatic heterocycles. The summed E-state index contributed by atoms with van der Waals surface area (Å²) in [6.45, 7) is 9.83. The summed E-state index contributed by atoms with van der Waals surface area (Å²) in [6.07, 6.45) is 5.83. The monoisotopic (exact) mass is 410 g/mol. The Morgan fingerprint density at radius 2 is 1.59 bits per heavy atom. The molecule has 4 aromatic rings. The highest BCUT2D eigenvalue weighted by Gasteiger charge is 2.18. The quantitative estimate of drug-likeness (QED) is 0.404. The van der Waals surface area contributed by atoms with Gasteiger partial charge in [0.2, 0.25) is 0 Å². The highest BCUT2D eigenvalue weighted by Crippen LogP contribution is 2.34. The summed E-state index contributed by atoms with van der Waals surface area (Å²) in [6, 6.07) is 11.6. The molecule has 0 atom stereocenters. The first-order valence-corrected chi connectivity index (χ1v) is 10.2. The summed E-state index contributed by atoms with van der Waals surface area (Å²) in [5.41, 5.74) is 5.78. The molecule has 0 spiro atoms. The zero-order chi connectivity index (χ0) is 21.2. The molecule has 0 aliphatic rings. The number of halogens is 1. The molecule has 5 nitrogen and oxygen atoms in total. The first kappa shape index (κ1) is 22.4. The Hall–Kier alpha value is -2.92. The number of benzene rings is 1. The molecule has 0 aliphatic carbocycles. The molecule has 6 heteroatoms. The minimum atomic E-state index is 0.607.